The van der Waals surface area contributed by atoms with Crippen molar-refractivity contribution < 1.29 is 12.8 Å². The molecule has 0 bridgehead atoms. The first-order valence-corrected chi connectivity index (χ1v) is 10.4. The Morgan fingerprint density at radius 1 is 1.08 bits per heavy atom. The summed E-state index contributed by atoms with van der Waals surface area (Å²) in [6, 6.07) is 12.7. The number of nitrogens with zero attached hydrogens (tertiary/aromatic N) is 1. The fourth-order valence-corrected chi connectivity index (χ4v) is 5.57. The Morgan fingerprint density at radius 3 is 2.35 bits per heavy atom. The van der Waals surface area contributed by atoms with Crippen molar-refractivity contribution >= 4 is 10.0 Å². The van der Waals surface area contributed by atoms with E-state index >= 15 is 0 Å². The zero-order valence-electron chi connectivity index (χ0n) is 14.9. The smallest absolute Gasteiger partial charge is 0.243 e. The molecular formula is C20H25FN2O2S. The summed E-state index contributed by atoms with van der Waals surface area (Å²) in [6.45, 7) is 2.47. The van der Waals surface area contributed by atoms with E-state index in [1.54, 1.807) is 28.6 Å². The predicted octanol–water partition coefficient (Wildman–Crippen LogP) is 3.77. The Hall–Kier alpha value is -1.76. The third kappa shape index (κ3) is 3.82. The van der Waals surface area contributed by atoms with Crippen LogP contribution in [-0.2, 0) is 10.0 Å². The van der Waals surface area contributed by atoms with Crippen molar-refractivity contribution in [2.75, 3.05) is 6.54 Å². The normalized spacial score (nSPS) is 21.2. The summed E-state index contributed by atoms with van der Waals surface area (Å²) in [5.74, 6) is -0.320. The highest BCUT2D eigenvalue weighted by molar-refractivity contribution is 7.89. The maximum Gasteiger partial charge on any atom is 0.243 e. The minimum Gasteiger partial charge on any atom is -0.330 e. The lowest BCUT2D eigenvalue weighted by Crippen LogP contribution is -2.37. The molecule has 0 spiro atoms. The number of benzene rings is 2. The van der Waals surface area contributed by atoms with E-state index < -0.39 is 10.0 Å². The summed E-state index contributed by atoms with van der Waals surface area (Å²) in [5, 5.41) is 0. The SMILES string of the molecule is Cc1ccc(S(=O)(=O)N2[C@@H](CCCN)CC[C@@H]2c2ccc(F)cc2)cc1. The molecule has 26 heavy (non-hydrogen) atoms. The molecule has 1 aliphatic heterocycles. The molecule has 140 valence electrons. The molecule has 1 saturated heterocycles. The van der Waals surface area contributed by atoms with Gasteiger partial charge in [-0.2, -0.15) is 4.31 Å². The minimum atomic E-state index is -3.64. The molecule has 1 fully saturated rings. The average Bonchev–Trinajstić information content (AvgIpc) is 3.05. The summed E-state index contributed by atoms with van der Waals surface area (Å²) in [4.78, 5) is 0.301. The van der Waals surface area contributed by atoms with E-state index in [4.69, 9.17) is 5.73 Å². The summed E-state index contributed by atoms with van der Waals surface area (Å²) in [6.07, 6.45) is 3.03. The number of sulfonamides is 1. The van der Waals surface area contributed by atoms with Crippen LogP contribution < -0.4 is 5.73 Å². The van der Waals surface area contributed by atoms with Crippen LogP contribution in [0.4, 0.5) is 4.39 Å². The molecule has 0 aliphatic carbocycles. The van der Waals surface area contributed by atoms with Gasteiger partial charge in [0, 0.05) is 6.04 Å². The highest BCUT2D eigenvalue weighted by Gasteiger charge is 2.42. The van der Waals surface area contributed by atoms with Crippen LogP contribution in [0.5, 0.6) is 0 Å². The number of hydrogen-bond donors (Lipinski definition) is 1. The van der Waals surface area contributed by atoms with Crippen LogP contribution in [0.15, 0.2) is 53.4 Å². The van der Waals surface area contributed by atoms with E-state index in [1.165, 1.54) is 12.1 Å². The Balaban J connectivity index is 2.00. The number of halogens is 1. The predicted molar refractivity (Wildman–Crippen MR) is 101 cm³/mol. The second-order valence-electron chi connectivity index (χ2n) is 6.88. The van der Waals surface area contributed by atoms with Gasteiger partial charge >= 0.3 is 0 Å². The van der Waals surface area contributed by atoms with Gasteiger partial charge in [0.2, 0.25) is 10.0 Å². The molecule has 0 aromatic heterocycles. The van der Waals surface area contributed by atoms with E-state index in [2.05, 4.69) is 0 Å². The van der Waals surface area contributed by atoms with Gasteiger partial charge in [-0.3, -0.25) is 0 Å². The summed E-state index contributed by atoms with van der Waals surface area (Å²) in [5.41, 5.74) is 7.49. The van der Waals surface area contributed by atoms with E-state index in [-0.39, 0.29) is 17.9 Å². The lowest BCUT2D eigenvalue weighted by atomic mass is 10.1. The molecule has 0 amide bonds. The molecule has 2 aromatic rings. The molecule has 0 radical (unpaired) electrons. The number of aryl methyl sites for hydroxylation is 1. The summed E-state index contributed by atoms with van der Waals surface area (Å²) in [7, 11) is -3.64. The molecule has 0 unspecified atom stereocenters. The quantitative estimate of drug-likeness (QED) is 0.835. The van der Waals surface area contributed by atoms with Crippen LogP contribution in [0.25, 0.3) is 0 Å². The van der Waals surface area contributed by atoms with Gasteiger partial charge in [-0.15, -0.1) is 0 Å². The first-order chi connectivity index (χ1) is 12.4. The highest BCUT2D eigenvalue weighted by Crippen LogP contribution is 2.41. The molecule has 4 nitrogen and oxygen atoms in total. The van der Waals surface area contributed by atoms with Gasteiger partial charge in [0.1, 0.15) is 5.82 Å². The zero-order chi connectivity index (χ0) is 18.7. The maximum atomic E-state index is 13.4. The third-order valence-corrected chi connectivity index (χ3v) is 7.01. The van der Waals surface area contributed by atoms with Gasteiger partial charge in [0.15, 0.2) is 0 Å². The number of rotatable bonds is 6. The first kappa shape index (κ1) is 19.0. The average molecular weight is 376 g/mol. The molecule has 2 aromatic carbocycles. The first-order valence-electron chi connectivity index (χ1n) is 8.99. The maximum absolute atomic E-state index is 13.4. The molecule has 3 rings (SSSR count). The third-order valence-electron chi connectivity index (χ3n) is 5.03. The second kappa shape index (κ2) is 7.86. The molecule has 2 N–H and O–H groups in total. The number of nitrogens with two attached hydrogens (primary N) is 1. The molecule has 1 aliphatic rings. The van der Waals surface area contributed by atoms with E-state index in [0.29, 0.717) is 11.4 Å². The molecule has 2 atom stereocenters. The van der Waals surface area contributed by atoms with E-state index in [9.17, 15) is 12.8 Å². The summed E-state index contributed by atoms with van der Waals surface area (Å²) >= 11 is 0. The van der Waals surface area contributed by atoms with Crippen LogP contribution >= 0.6 is 0 Å². The Morgan fingerprint density at radius 2 is 1.73 bits per heavy atom. The molecular weight excluding hydrogens is 351 g/mol. The van der Waals surface area contributed by atoms with Crippen molar-refractivity contribution in [3.8, 4) is 0 Å². The zero-order valence-corrected chi connectivity index (χ0v) is 15.8. The van der Waals surface area contributed by atoms with Crippen molar-refractivity contribution in [3.05, 3.63) is 65.5 Å². The van der Waals surface area contributed by atoms with Crippen molar-refractivity contribution in [1.29, 1.82) is 0 Å². The van der Waals surface area contributed by atoms with Crippen LogP contribution in [0.3, 0.4) is 0 Å². The topological polar surface area (TPSA) is 63.4 Å². The fourth-order valence-electron chi connectivity index (χ4n) is 3.68. The molecule has 0 saturated carbocycles. The van der Waals surface area contributed by atoms with Crippen LogP contribution in [0, 0.1) is 12.7 Å². The fraction of sp³-hybridized carbons (Fsp3) is 0.400. The van der Waals surface area contributed by atoms with Gasteiger partial charge in [-0.1, -0.05) is 29.8 Å². The Kier molecular flexibility index (Phi) is 5.75. The van der Waals surface area contributed by atoms with Crippen molar-refractivity contribution in [2.24, 2.45) is 5.73 Å². The van der Waals surface area contributed by atoms with Crippen LogP contribution in [-0.4, -0.2) is 25.3 Å². The van der Waals surface area contributed by atoms with Gasteiger partial charge < -0.3 is 5.73 Å². The van der Waals surface area contributed by atoms with Gasteiger partial charge in [0.25, 0.3) is 0 Å². The van der Waals surface area contributed by atoms with E-state index in [1.807, 2.05) is 19.1 Å². The highest BCUT2D eigenvalue weighted by atomic mass is 32.2. The van der Waals surface area contributed by atoms with Gasteiger partial charge in [0.05, 0.1) is 10.9 Å². The van der Waals surface area contributed by atoms with E-state index in [0.717, 1.165) is 36.8 Å². The van der Waals surface area contributed by atoms with Gasteiger partial charge in [-0.25, -0.2) is 12.8 Å². The van der Waals surface area contributed by atoms with Crippen LogP contribution in [0.2, 0.25) is 0 Å². The van der Waals surface area contributed by atoms with Crippen molar-refractivity contribution in [3.63, 3.8) is 0 Å². The van der Waals surface area contributed by atoms with Crippen LogP contribution in [0.1, 0.15) is 42.9 Å². The monoisotopic (exact) mass is 376 g/mol. The Labute approximate surface area is 154 Å². The summed E-state index contributed by atoms with van der Waals surface area (Å²) < 4.78 is 41.7. The molecule has 6 heteroatoms. The minimum absolute atomic E-state index is 0.0834. The van der Waals surface area contributed by atoms with Gasteiger partial charge in [-0.05, 0) is 69.0 Å². The largest absolute Gasteiger partial charge is 0.330 e. The Bertz CT molecular complexity index is 835. The lowest BCUT2D eigenvalue weighted by Gasteiger charge is -2.30. The van der Waals surface area contributed by atoms with Crippen molar-refractivity contribution in [1.82, 2.24) is 4.31 Å². The standard InChI is InChI=1S/C20H25FN2O2S/c1-15-4-11-19(12-5-15)26(24,25)23-18(3-2-14-22)10-13-20(23)16-6-8-17(21)9-7-16/h4-9,11-12,18,20H,2-3,10,13-14,22H2,1H3/t18-,20+/m0/s1. The second-order valence-corrected chi connectivity index (χ2v) is 8.72. The lowest BCUT2D eigenvalue weighted by molar-refractivity contribution is 0.310. The molecule has 1 heterocycles. The van der Waals surface area contributed by atoms with Crippen molar-refractivity contribution in [2.45, 2.75) is 49.6 Å². The number of hydrogen-bond acceptors (Lipinski definition) is 3.